The highest BCUT2D eigenvalue weighted by atomic mass is 31.2. The molecule has 3 N–H and O–H groups in total. The number of phosphoric ester groups is 2. The van der Waals surface area contributed by atoms with Gasteiger partial charge < -0.3 is 33.8 Å². The molecule has 0 aromatic rings. The molecule has 0 saturated carbocycles. The smallest absolute Gasteiger partial charge is 0.462 e. The first kappa shape index (κ1) is 76.1. The van der Waals surface area contributed by atoms with Crippen LogP contribution in [0.2, 0.25) is 0 Å². The van der Waals surface area contributed by atoms with Crippen LogP contribution in [0.3, 0.4) is 0 Å². The summed E-state index contributed by atoms with van der Waals surface area (Å²) in [7, 11) is -9.87. The van der Waals surface area contributed by atoms with Gasteiger partial charge in [0.2, 0.25) is 0 Å². The van der Waals surface area contributed by atoms with Crippen LogP contribution in [-0.4, -0.2) is 96.7 Å². The number of hydrogen-bond acceptors (Lipinski definition) is 15. The lowest BCUT2D eigenvalue weighted by Crippen LogP contribution is -2.30. The third kappa shape index (κ3) is 53.4. The van der Waals surface area contributed by atoms with Gasteiger partial charge in [-0.05, 0) is 31.6 Å². The van der Waals surface area contributed by atoms with Crippen molar-refractivity contribution in [3.63, 3.8) is 0 Å². The molecule has 0 bridgehead atoms. The normalized spacial score (nSPS) is 14.4. The summed E-state index contributed by atoms with van der Waals surface area (Å²) >= 11 is 0. The second kappa shape index (κ2) is 53.1. The van der Waals surface area contributed by atoms with Crippen LogP contribution >= 0.6 is 15.6 Å². The Morgan fingerprint density at radius 3 is 0.872 bits per heavy atom. The SMILES string of the molecule is CCCCCCCCCCCCCCCC(=O)O[C@H](COC(=O)CCCCCCCCC(C)C)COP(=O)(O)OC[C@@H](O)COP(=O)(O)OC[C@@H](COC(=O)CCCCCCCCCC)OC(=O)CCCCCCCCCC. The molecule has 78 heavy (non-hydrogen) atoms. The van der Waals surface area contributed by atoms with E-state index < -0.39 is 97.5 Å². The number of unbranched alkanes of at least 4 members (excludes halogenated alkanes) is 31. The summed E-state index contributed by atoms with van der Waals surface area (Å²) in [4.78, 5) is 71.8. The van der Waals surface area contributed by atoms with Crippen LogP contribution in [0.5, 0.6) is 0 Å². The van der Waals surface area contributed by atoms with E-state index in [-0.39, 0.29) is 25.7 Å². The van der Waals surface area contributed by atoms with Crippen molar-refractivity contribution in [2.24, 2.45) is 5.92 Å². The van der Waals surface area contributed by atoms with Crippen LogP contribution in [-0.2, 0) is 65.4 Å². The first-order chi connectivity index (χ1) is 37.5. The molecule has 0 heterocycles. The number of carbonyl (C=O) groups is 4. The molecule has 462 valence electrons. The largest absolute Gasteiger partial charge is 0.472 e. The third-order valence-electron chi connectivity index (χ3n) is 13.5. The molecule has 0 fully saturated rings. The van der Waals surface area contributed by atoms with Gasteiger partial charge in [-0.3, -0.25) is 37.3 Å². The summed E-state index contributed by atoms with van der Waals surface area (Å²) in [6, 6.07) is 0. The number of hydrogen-bond donors (Lipinski definition) is 3. The van der Waals surface area contributed by atoms with Crippen LogP contribution < -0.4 is 0 Å². The van der Waals surface area contributed by atoms with Gasteiger partial charge in [-0.1, -0.05) is 240 Å². The molecule has 0 saturated heterocycles. The maximum Gasteiger partial charge on any atom is 0.472 e. The van der Waals surface area contributed by atoms with E-state index in [9.17, 15) is 43.2 Å². The van der Waals surface area contributed by atoms with Crippen molar-refractivity contribution in [1.29, 1.82) is 0 Å². The molecule has 0 aliphatic rings. The number of ether oxygens (including phenoxy) is 4. The molecule has 19 heteroatoms. The van der Waals surface area contributed by atoms with E-state index >= 15 is 0 Å². The third-order valence-corrected chi connectivity index (χ3v) is 15.4. The minimum atomic E-state index is -4.94. The first-order valence-electron chi connectivity index (χ1n) is 31.1. The second-order valence-corrected chi connectivity index (χ2v) is 24.8. The molecule has 17 nitrogen and oxygen atoms in total. The zero-order valence-electron chi connectivity index (χ0n) is 49.8. The van der Waals surface area contributed by atoms with E-state index in [0.29, 0.717) is 31.6 Å². The number of esters is 4. The van der Waals surface area contributed by atoms with Gasteiger partial charge in [-0.25, -0.2) is 9.13 Å². The Morgan fingerprint density at radius 2 is 0.590 bits per heavy atom. The lowest BCUT2D eigenvalue weighted by Gasteiger charge is -2.21. The van der Waals surface area contributed by atoms with Crippen LogP contribution in [0.25, 0.3) is 0 Å². The van der Waals surface area contributed by atoms with Gasteiger partial charge in [0.25, 0.3) is 0 Å². The van der Waals surface area contributed by atoms with E-state index in [1.807, 2.05) is 0 Å². The van der Waals surface area contributed by atoms with E-state index in [4.69, 9.17) is 37.0 Å². The summed E-state index contributed by atoms with van der Waals surface area (Å²) in [5.41, 5.74) is 0. The summed E-state index contributed by atoms with van der Waals surface area (Å²) in [5.74, 6) is -1.47. The standard InChI is InChI=1S/C59H114O17P2/c1-6-9-12-15-18-21-22-23-24-25-28-35-40-45-59(64)76-55(49-70-57(62)43-38-33-30-29-31-36-41-52(4)5)51-74-78(67,68)72-47-53(60)46-71-77(65,66)73-50-54(75-58(63)44-39-34-27-20-17-14-11-8-3)48-69-56(61)42-37-32-26-19-16-13-10-7-2/h52-55,60H,6-51H2,1-5H3,(H,65,66)(H,67,68)/t53-,54+,55+/m0/s1. The van der Waals surface area contributed by atoms with Crippen molar-refractivity contribution in [3.8, 4) is 0 Å². The Hall–Kier alpha value is -1.94. The Balaban J connectivity index is 5.20. The topological polar surface area (TPSA) is 237 Å². The second-order valence-electron chi connectivity index (χ2n) is 21.9. The fourth-order valence-corrected chi connectivity index (χ4v) is 10.3. The molecule has 0 rings (SSSR count). The Bertz CT molecular complexity index is 1530. The van der Waals surface area contributed by atoms with Gasteiger partial charge in [0.05, 0.1) is 26.4 Å². The van der Waals surface area contributed by atoms with E-state index in [1.165, 1.54) is 96.3 Å². The number of phosphoric acid groups is 2. The molecule has 2 unspecified atom stereocenters. The van der Waals surface area contributed by atoms with Crippen LogP contribution in [0.15, 0.2) is 0 Å². The maximum absolute atomic E-state index is 12.9. The van der Waals surface area contributed by atoms with Crippen molar-refractivity contribution in [2.75, 3.05) is 39.6 Å². The van der Waals surface area contributed by atoms with Crippen molar-refractivity contribution in [1.82, 2.24) is 0 Å². The van der Waals surface area contributed by atoms with E-state index in [0.717, 1.165) is 109 Å². The Kier molecular flexibility index (Phi) is 51.8. The van der Waals surface area contributed by atoms with Crippen molar-refractivity contribution in [3.05, 3.63) is 0 Å². The lowest BCUT2D eigenvalue weighted by molar-refractivity contribution is -0.161. The van der Waals surface area contributed by atoms with Crippen LogP contribution in [0.1, 0.15) is 291 Å². The first-order valence-corrected chi connectivity index (χ1v) is 34.1. The van der Waals surface area contributed by atoms with Gasteiger partial charge >= 0.3 is 39.5 Å². The van der Waals surface area contributed by atoms with Crippen molar-refractivity contribution < 1.29 is 80.2 Å². The summed E-state index contributed by atoms with van der Waals surface area (Å²) in [5, 5.41) is 10.5. The molecule has 0 aromatic heterocycles. The molecular formula is C59H114O17P2. The maximum atomic E-state index is 12.9. The summed E-state index contributed by atoms with van der Waals surface area (Å²) < 4.78 is 67.6. The minimum Gasteiger partial charge on any atom is -0.462 e. The average molecular weight is 1160 g/mol. The number of aliphatic hydroxyl groups is 1. The van der Waals surface area contributed by atoms with Crippen molar-refractivity contribution in [2.45, 2.75) is 310 Å². The average Bonchev–Trinajstić information content (AvgIpc) is 3.40. The number of rotatable bonds is 59. The van der Waals surface area contributed by atoms with Gasteiger partial charge in [-0.15, -0.1) is 0 Å². The Morgan fingerprint density at radius 1 is 0.346 bits per heavy atom. The minimum absolute atomic E-state index is 0.105. The molecule has 0 spiro atoms. The molecule has 0 amide bonds. The highest BCUT2D eigenvalue weighted by Gasteiger charge is 2.30. The fourth-order valence-electron chi connectivity index (χ4n) is 8.70. The van der Waals surface area contributed by atoms with Gasteiger partial charge in [0, 0.05) is 25.7 Å². The number of carbonyl (C=O) groups excluding carboxylic acids is 4. The van der Waals surface area contributed by atoms with Crippen LogP contribution in [0, 0.1) is 5.92 Å². The predicted molar refractivity (Wildman–Crippen MR) is 308 cm³/mol. The van der Waals surface area contributed by atoms with Gasteiger partial charge in [0.15, 0.2) is 12.2 Å². The molecular weight excluding hydrogens is 1040 g/mol. The molecule has 0 aliphatic carbocycles. The molecule has 0 aromatic carbocycles. The zero-order chi connectivity index (χ0) is 57.8. The summed E-state index contributed by atoms with van der Waals surface area (Å²) in [6.07, 6.45) is 35.0. The van der Waals surface area contributed by atoms with Crippen molar-refractivity contribution >= 4 is 39.5 Å². The quantitative estimate of drug-likeness (QED) is 0.0222. The van der Waals surface area contributed by atoms with E-state index in [2.05, 4.69) is 34.6 Å². The number of aliphatic hydroxyl groups excluding tert-OH is 1. The highest BCUT2D eigenvalue weighted by Crippen LogP contribution is 2.45. The highest BCUT2D eigenvalue weighted by molar-refractivity contribution is 7.47. The van der Waals surface area contributed by atoms with Crippen LogP contribution in [0.4, 0.5) is 0 Å². The zero-order valence-corrected chi connectivity index (χ0v) is 51.6. The van der Waals surface area contributed by atoms with Gasteiger partial charge in [0.1, 0.15) is 19.3 Å². The predicted octanol–water partition coefficient (Wildman–Crippen LogP) is 15.8. The monoisotopic (exact) mass is 1160 g/mol. The molecule has 0 aliphatic heterocycles. The van der Waals surface area contributed by atoms with Gasteiger partial charge in [-0.2, -0.15) is 0 Å². The molecule has 5 atom stereocenters. The van der Waals surface area contributed by atoms with E-state index in [1.54, 1.807) is 0 Å². The lowest BCUT2D eigenvalue weighted by atomic mass is 10.0. The Labute approximate surface area is 473 Å². The fraction of sp³-hybridized carbons (Fsp3) is 0.932. The summed E-state index contributed by atoms with van der Waals surface area (Å²) in [6.45, 7) is 7.02. The molecule has 0 radical (unpaired) electrons.